The van der Waals surface area contributed by atoms with Crippen LogP contribution in [0.2, 0.25) is 0 Å². The Balaban J connectivity index is 2.07. The number of aliphatic hydroxyl groups excluding tert-OH is 1. The number of benzene rings is 1. The van der Waals surface area contributed by atoms with E-state index in [1.165, 1.54) is 5.56 Å². The highest BCUT2D eigenvalue weighted by atomic mass is 16.5. The predicted octanol–water partition coefficient (Wildman–Crippen LogP) is 2.51. The van der Waals surface area contributed by atoms with E-state index in [1.807, 2.05) is 26.0 Å². The van der Waals surface area contributed by atoms with Crippen molar-refractivity contribution in [3.8, 4) is 5.75 Å². The number of ether oxygens (including phenoxy) is 2. The van der Waals surface area contributed by atoms with Crippen molar-refractivity contribution < 1.29 is 14.6 Å². The second kappa shape index (κ2) is 5.72. The quantitative estimate of drug-likeness (QED) is 0.843. The van der Waals surface area contributed by atoms with Gasteiger partial charge in [0.25, 0.3) is 0 Å². The third kappa shape index (κ3) is 2.85. The summed E-state index contributed by atoms with van der Waals surface area (Å²) in [5.74, 6) is 0.909. The molecule has 2 rings (SSSR count). The second-order valence-corrected chi connectivity index (χ2v) is 5.29. The van der Waals surface area contributed by atoms with E-state index in [9.17, 15) is 0 Å². The van der Waals surface area contributed by atoms with E-state index in [-0.39, 0.29) is 18.1 Å². The van der Waals surface area contributed by atoms with E-state index >= 15 is 0 Å². The van der Waals surface area contributed by atoms with E-state index in [0.717, 1.165) is 31.8 Å². The highest BCUT2D eigenvalue weighted by Gasteiger charge is 2.39. The minimum absolute atomic E-state index is 0.110. The fraction of sp³-hybridized carbons (Fsp3) is 0.600. The Labute approximate surface area is 109 Å². The van der Waals surface area contributed by atoms with Crippen LogP contribution < -0.4 is 4.74 Å². The van der Waals surface area contributed by atoms with Crippen molar-refractivity contribution in [3.63, 3.8) is 0 Å². The molecule has 1 N–H and O–H groups in total. The number of hydrogen-bond donors (Lipinski definition) is 1. The Bertz CT molecular complexity index is 366. The topological polar surface area (TPSA) is 38.7 Å². The van der Waals surface area contributed by atoms with Crippen molar-refractivity contribution in [1.82, 2.24) is 0 Å². The van der Waals surface area contributed by atoms with Crippen molar-refractivity contribution in [2.24, 2.45) is 0 Å². The van der Waals surface area contributed by atoms with Gasteiger partial charge in [0.05, 0.1) is 19.3 Å². The second-order valence-electron chi connectivity index (χ2n) is 5.29. The van der Waals surface area contributed by atoms with Gasteiger partial charge in [0, 0.05) is 12.0 Å². The summed E-state index contributed by atoms with van der Waals surface area (Å²) in [6.07, 6.45) is 2.01. The van der Waals surface area contributed by atoms with Gasteiger partial charge in [-0.2, -0.15) is 0 Å². The standard InChI is InChI=1S/C15H22O3/c1-12(2)18-14-6-4-13(5-7-14)15(8-3-9-16)10-17-11-15/h4-7,12,16H,3,8-11H2,1-2H3. The van der Waals surface area contributed by atoms with Crippen molar-refractivity contribution in [2.75, 3.05) is 19.8 Å². The zero-order valence-corrected chi connectivity index (χ0v) is 11.2. The van der Waals surface area contributed by atoms with Crippen molar-refractivity contribution >= 4 is 0 Å². The maximum atomic E-state index is 8.98. The average molecular weight is 250 g/mol. The molecule has 0 unspecified atom stereocenters. The zero-order valence-electron chi connectivity index (χ0n) is 11.2. The predicted molar refractivity (Wildman–Crippen MR) is 71.0 cm³/mol. The van der Waals surface area contributed by atoms with Gasteiger partial charge in [-0.05, 0) is 44.4 Å². The molecule has 0 aromatic heterocycles. The van der Waals surface area contributed by atoms with Gasteiger partial charge in [-0.1, -0.05) is 12.1 Å². The van der Waals surface area contributed by atoms with Crippen LogP contribution in [0.3, 0.4) is 0 Å². The molecule has 1 aliphatic heterocycles. The van der Waals surface area contributed by atoms with Gasteiger partial charge in [-0.3, -0.25) is 0 Å². The summed E-state index contributed by atoms with van der Waals surface area (Å²) >= 11 is 0. The maximum Gasteiger partial charge on any atom is 0.119 e. The number of rotatable bonds is 6. The fourth-order valence-electron chi connectivity index (χ4n) is 2.38. The summed E-state index contributed by atoms with van der Waals surface area (Å²) in [6.45, 7) is 5.82. The van der Waals surface area contributed by atoms with Crippen LogP contribution >= 0.6 is 0 Å². The molecule has 0 aliphatic carbocycles. The first-order valence-electron chi connectivity index (χ1n) is 6.62. The molecular formula is C15H22O3. The van der Waals surface area contributed by atoms with Gasteiger partial charge in [0.2, 0.25) is 0 Å². The first-order valence-corrected chi connectivity index (χ1v) is 6.62. The summed E-state index contributed by atoms with van der Waals surface area (Å²) in [5, 5.41) is 8.98. The SMILES string of the molecule is CC(C)Oc1ccc(C2(CCCO)COC2)cc1. The molecule has 1 saturated heterocycles. The van der Waals surface area contributed by atoms with Crippen molar-refractivity contribution in [3.05, 3.63) is 29.8 Å². The highest BCUT2D eigenvalue weighted by Crippen LogP contribution is 2.37. The van der Waals surface area contributed by atoms with Crippen LogP contribution in [0.5, 0.6) is 5.75 Å². The minimum atomic E-state index is 0.110. The molecular weight excluding hydrogens is 228 g/mol. The third-order valence-corrected chi connectivity index (χ3v) is 3.41. The van der Waals surface area contributed by atoms with Crippen LogP contribution in [-0.4, -0.2) is 31.0 Å². The van der Waals surface area contributed by atoms with E-state index in [1.54, 1.807) is 0 Å². The Kier molecular flexibility index (Phi) is 4.25. The Morgan fingerprint density at radius 1 is 1.28 bits per heavy atom. The highest BCUT2D eigenvalue weighted by molar-refractivity contribution is 5.34. The van der Waals surface area contributed by atoms with Gasteiger partial charge in [-0.15, -0.1) is 0 Å². The molecule has 1 aliphatic rings. The summed E-state index contributed by atoms with van der Waals surface area (Å²) in [6, 6.07) is 8.29. The van der Waals surface area contributed by atoms with Gasteiger partial charge in [0.15, 0.2) is 0 Å². The van der Waals surface area contributed by atoms with E-state index in [2.05, 4.69) is 12.1 Å². The number of aliphatic hydroxyl groups is 1. The van der Waals surface area contributed by atoms with Crippen LogP contribution in [0.25, 0.3) is 0 Å². The monoisotopic (exact) mass is 250 g/mol. The Morgan fingerprint density at radius 3 is 2.39 bits per heavy atom. The first kappa shape index (κ1) is 13.4. The Hall–Kier alpha value is -1.06. The summed E-state index contributed by atoms with van der Waals surface area (Å²) in [5.41, 5.74) is 1.40. The number of hydrogen-bond acceptors (Lipinski definition) is 3. The summed E-state index contributed by atoms with van der Waals surface area (Å²) in [4.78, 5) is 0. The lowest BCUT2D eigenvalue weighted by Gasteiger charge is -2.42. The molecule has 100 valence electrons. The molecule has 0 atom stereocenters. The van der Waals surface area contributed by atoms with Crippen molar-refractivity contribution in [2.45, 2.75) is 38.2 Å². The Morgan fingerprint density at radius 2 is 1.94 bits per heavy atom. The van der Waals surface area contributed by atoms with Crippen LogP contribution in [0, 0.1) is 0 Å². The van der Waals surface area contributed by atoms with Crippen LogP contribution in [0.4, 0.5) is 0 Å². The third-order valence-electron chi connectivity index (χ3n) is 3.41. The molecule has 1 aromatic carbocycles. The van der Waals surface area contributed by atoms with Gasteiger partial charge in [-0.25, -0.2) is 0 Å². The molecule has 18 heavy (non-hydrogen) atoms. The first-order chi connectivity index (χ1) is 8.66. The molecule has 0 amide bonds. The molecule has 1 aromatic rings. The average Bonchev–Trinajstić information content (AvgIpc) is 2.29. The van der Waals surface area contributed by atoms with Gasteiger partial charge < -0.3 is 14.6 Å². The molecule has 0 radical (unpaired) electrons. The van der Waals surface area contributed by atoms with E-state index in [4.69, 9.17) is 14.6 Å². The largest absolute Gasteiger partial charge is 0.491 e. The smallest absolute Gasteiger partial charge is 0.119 e. The van der Waals surface area contributed by atoms with Crippen LogP contribution in [-0.2, 0) is 10.2 Å². The van der Waals surface area contributed by atoms with E-state index < -0.39 is 0 Å². The molecule has 0 saturated carbocycles. The molecule has 1 heterocycles. The molecule has 1 fully saturated rings. The van der Waals surface area contributed by atoms with Crippen LogP contribution in [0.1, 0.15) is 32.3 Å². The summed E-state index contributed by atoms with van der Waals surface area (Å²) in [7, 11) is 0. The lowest BCUT2D eigenvalue weighted by molar-refractivity contribution is -0.0665. The van der Waals surface area contributed by atoms with Gasteiger partial charge >= 0.3 is 0 Å². The summed E-state index contributed by atoms with van der Waals surface area (Å²) < 4.78 is 11.0. The maximum absolute atomic E-state index is 8.98. The molecule has 3 nitrogen and oxygen atoms in total. The minimum Gasteiger partial charge on any atom is -0.491 e. The zero-order chi connectivity index (χ0) is 13.0. The van der Waals surface area contributed by atoms with Gasteiger partial charge in [0.1, 0.15) is 5.75 Å². The fourth-order valence-corrected chi connectivity index (χ4v) is 2.38. The lowest BCUT2D eigenvalue weighted by Crippen LogP contribution is -2.46. The molecule has 0 spiro atoms. The molecule has 0 bridgehead atoms. The normalized spacial score (nSPS) is 17.6. The van der Waals surface area contributed by atoms with Crippen LogP contribution in [0.15, 0.2) is 24.3 Å². The van der Waals surface area contributed by atoms with E-state index in [0.29, 0.717) is 0 Å². The molecule has 3 heteroatoms. The van der Waals surface area contributed by atoms with Crippen molar-refractivity contribution in [1.29, 1.82) is 0 Å². The lowest BCUT2D eigenvalue weighted by atomic mass is 9.75.